The SMILES string of the molecule is CCCOc1ccnc(N2C[C@@H](F)C[C@H]2CNC)n1. The summed E-state index contributed by atoms with van der Waals surface area (Å²) < 4.78 is 19.1. The van der Waals surface area contributed by atoms with E-state index >= 15 is 0 Å². The first kappa shape index (κ1) is 14.0. The molecule has 1 saturated heterocycles. The van der Waals surface area contributed by atoms with Crippen LogP contribution < -0.4 is 15.0 Å². The Kier molecular flexibility index (Phi) is 4.90. The van der Waals surface area contributed by atoms with E-state index in [0.717, 1.165) is 13.0 Å². The maximum absolute atomic E-state index is 13.6. The number of halogens is 1. The molecule has 106 valence electrons. The molecule has 1 N–H and O–H groups in total. The zero-order chi connectivity index (χ0) is 13.7. The molecule has 1 aromatic heterocycles. The van der Waals surface area contributed by atoms with Crippen molar-refractivity contribution in [1.29, 1.82) is 0 Å². The summed E-state index contributed by atoms with van der Waals surface area (Å²) in [5.41, 5.74) is 0. The lowest BCUT2D eigenvalue weighted by Gasteiger charge is -2.24. The van der Waals surface area contributed by atoms with Gasteiger partial charge in [-0.15, -0.1) is 0 Å². The number of hydrogen-bond acceptors (Lipinski definition) is 5. The van der Waals surface area contributed by atoms with E-state index in [9.17, 15) is 4.39 Å². The third-order valence-electron chi connectivity index (χ3n) is 3.13. The summed E-state index contributed by atoms with van der Waals surface area (Å²) in [6.07, 6.45) is 2.29. The molecule has 1 aliphatic heterocycles. The molecule has 0 radical (unpaired) electrons. The molecule has 0 saturated carbocycles. The fraction of sp³-hybridized carbons (Fsp3) is 0.692. The number of ether oxygens (including phenoxy) is 1. The second-order valence-corrected chi connectivity index (χ2v) is 4.74. The molecule has 0 spiro atoms. The highest BCUT2D eigenvalue weighted by Gasteiger charge is 2.33. The number of likely N-dealkylation sites (N-methyl/N-ethyl adjacent to an activating group) is 1. The quantitative estimate of drug-likeness (QED) is 0.845. The van der Waals surface area contributed by atoms with E-state index in [4.69, 9.17) is 4.74 Å². The van der Waals surface area contributed by atoms with Gasteiger partial charge in [-0.1, -0.05) is 6.92 Å². The predicted octanol–water partition coefficient (Wildman–Crippen LogP) is 1.40. The van der Waals surface area contributed by atoms with Gasteiger partial charge in [-0.3, -0.25) is 0 Å². The molecule has 6 heteroatoms. The number of anilines is 1. The number of nitrogens with zero attached hydrogens (tertiary/aromatic N) is 3. The number of alkyl halides is 1. The Balaban J connectivity index is 2.11. The van der Waals surface area contributed by atoms with E-state index in [-0.39, 0.29) is 6.04 Å². The van der Waals surface area contributed by atoms with Crippen molar-refractivity contribution in [2.75, 3.05) is 31.6 Å². The minimum absolute atomic E-state index is 0.0985. The highest BCUT2D eigenvalue weighted by Crippen LogP contribution is 2.25. The molecule has 19 heavy (non-hydrogen) atoms. The minimum atomic E-state index is -0.817. The maximum atomic E-state index is 13.6. The molecule has 1 fully saturated rings. The van der Waals surface area contributed by atoms with E-state index in [1.54, 1.807) is 12.3 Å². The Hall–Kier alpha value is -1.43. The van der Waals surface area contributed by atoms with Gasteiger partial charge in [-0.05, 0) is 13.5 Å². The van der Waals surface area contributed by atoms with Crippen LogP contribution in [0.4, 0.5) is 10.3 Å². The average Bonchev–Trinajstić information content (AvgIpc) is 2.78. The summed E-state index contributed by atoms with van der Waals surface area (Å²) >= 11 is 0. The van der Waals surface area contributed by atoms with E-state index < -0.39 is 6.17 Å². The van der Waals surface area contributed by atoms with Gasteiger partial charge in [0.25, 0.3) is 0 Å². The first-order valence-electron chi connectivity index (χ1n) is 6.75. The lowest BCUT2D eigenvalue weighted by atomic mass is 10.2. The van der Waals surface area contributed by atoms with Crippen LogP contribution in [0.25, 0.3) is 0 Å². The van der Waals surface area contributed by atoms with Crippen molar-refractivity contribution in [2.24, 2.45) is 0 Å². The summed E-state index contributed by atoms with van der Waals surface area (Å²) in [4.78, 5) is 10.5. The van der Waals surface area contributed by atoms with Crippen LogP contribution in [-0.4, -0.2) is 48.9 Å². The molecule has 5 nitrogen and oxygen atoms in total. The van der Waals surface area contributed by atoms with Crippen LogP contribution in [0.2, 0.25) is 0 Å². The van der Waals surface area contributed by atoms with Gasteiger partial charge in [0, 0.05) is 31.3 Å². The predicted molar refractivity (Wildman–Crippen MR) is 72.4 cm³/mol. The van der Waals surface area contributed by atoms with Crippen LogP contribution in [0.3, 0.4) is 0 Å². The molecule has 1 aromatic rings. The molecule has 0 bridgehead atoms. The van der Waals surface area contributed by atoms with Crippen molar-refractivity contribution in [3.05, 3.63) is 12.3 Å². The van der Waals surface area contributed by atoms with Crippen LogP contribution in [0, 0.1) is 0 Å². The summed E-state index contributed by atoms with van der Waals surface area (Å²) in [7, 11) is 1.87. The van der Waals surface area contributed by atoms with Crippen LogP contribution in [0.5, 0.6) is 5.88 Å². The lowest BCUT2D eigenvalue weighted by molar-refractivity contribution is 0.304. The standard InChI is InChI=1S/C13H21FN4O/c1-3-6-19-12-4-5-16-13(17-12)18-9-10(14)7-11(18)8-15-2/h4-5,10-11,15H,3,6-9H2,1-2H3/t10-,11-/m0/s1. The van der Waals surface area contributed by atoms with Crippen LogP contribution >= 0.6 is 0 Å². The Morgan fingerprint density at radius 2 is 2.42 bits per heavy atom. The minimum Gasteiger partial charge on any atom is -0.478 e. The van der Waals surface area contributed by atoms with Gasteiger partial charge in [0.15, 0.2) is 0 Å². The molecular formula is C13H21FN4O. The van der Waals surface area contributed by atoms with Crippen molar-refractivity contribution in [3.8, 4) is 5.88 Å². The second kappa shape index (κ2) is 6.65. The van der Waals surface area contributed by atoms with E-state index in [2.05, 4.69) is 15.3 Å². The van der Waals surface area contributed by atoms with E-state index in [0.29, 0.717) is 31.4 Å². The third-order valence-corrected chi connectivity index (χ3v) is 3.13. The number of hydrogen-bond donors (Lipinski definition) is 1. The molecule has 2 heterocycles. The zero-order valence-corrected chi connectivity index (χ0v) is 11.5. The van der Waals surface area contributed by atoms with Crippen LogP contribution in [0.1, 0.15) is 19.8 Å². The third kappa shape index (κ3) is 3.53. The van der Waals surface area contributed by atoms with Gasteiger partial charge < -0.3 is 15.0 Å². The number of aromatic nitrogens is 2. The first-order valence-corrected chi connectivity index (χ1v) is 6.75. The Morgan fingerprint density at radius 1 is 1.58 bits per heavy atom. The Morgan fingerprint density at radius 3 is 3.16 bits per heavy atom. The molecule has 0 amide bonds. The molecule has 0 unspecified atom stereocenters. The van der Waals surface area contributed by atoms with Gasteiger partial charge in [0.1, 0.15) is 6.17 Å². The van der Waals surface area contributed by atoms with E-state index in [1.165, 1.54) is 0 Å². The fourth-order valence-corrected chi connectivity index (χ4v) is 2.29. The molecular weight excluding hydrogens is 247 g/mol. The molecule has 1 aliphatic rings. The molecule has 0 aromatic carbocycles. The van der Waals surface area contributed by atoms with Gasteiger partial charge >= 0.3 is 0 Å². The summed E-state index contributed by atoms with van der Waals surface area (Å²) in [6, 6.07) is 1.83. The second-order valence-electron chi connectivity index (χ2n) is 4.74. The van der Waals surface area contributed by atoms with Crippen molar-refractivity contribution in [3.63, 3.8) is 0 Å². The zero-order valence-electron chi connectivity index (χ0n) is 11.5. The smallest absolute Gasteiger partial charge is 0.229 e. The monoisotopic (exact) mass is 268 g/mol. The van der Waals surface area contributed by atoms with Crippen molar-refractivity contribution in [2.45, 2.75) is 32.0 Å². The highest BCUT2D eigenvalue weighted by atomic mass is 19.1. The average molecular weight is 268 g/mol. The van der Waals surface area contributed by atoms with Gasteiger partial charge in [-0.25, -0.2) is 9.37 Å². The Labute approximate surface area is 113 Å². The largest absolute Gasteiger partial charge is 0.478 e. The van der Waals surface area contributed by atoms with Crippen LogP contribution in [-0.2, 0) is 0 Å². The van der Waals surface area contributed by atoms with Gasteiger partial charge in [-0.2, -0.15) is 4.98 Å². The van der Waals surface area contributed by atoms with Crippen molar-refractivity contribution < 1.29 is 9.13 Å². The normalized spacial score (nSPS) is 22.8. The lowest BCUT2D eigenvalue weighted by Crippen LogP contribution is -2.37. The number of rotatable bonds is 6. The van der Waals surface area contributed by atoms with Crippen LogP contribution in [0.15, 0.2) is 12.3 Å². The molecule has 2 atom stereocenters. The summed E-state index contributed by atoms with van der Waals surface area (Å²) in [5.74, 6) is 1.10. The fourth-order valence-electron chi connectivity index (χ4n) is 2.29. The van der Waals surface area contributed by atoms with Gasteiger partial charge in [0.05, 0.1) is 13.2 Å². The van der Waals surface area contributed by atoms with E-state index in [1.807, 2.05) is 18.9 Å². The summed E-state index contributed by atoms with van der Waals surface area (Å²) in [5, 5.41) is 3.08. The van der Waals surface area contributed by atoms with Crippen molar-refractivity contribution in [1.82, 2.24) is 15.3 Å². The summed E-state index contributed by atoms with van der Waals surface area (Å²) in [6.45, 7) is 3.74. The molecule has 2 rings (SSSR count). The molecule has 0 aliphatic carbocycles. The number of nitrogens with one attached hydrogen (secondary N) is 1. The maximum Gasteiger partial charge on any atom is 0.229 e. The van der Waals surface area contributed by atoms with Gasteiger partial charge in [0.2, 0.25) is 11.8 Å². The highest BCUT2D eigenvalue weighted by molar-refractivity contribution is 5.36. The topological polar surface area (TPSA) is 50.3 Å². The van der Waals surface area contributed by atoms with Crippen molar-refractivity contribution >= 4 is 5.95 Å². The first-order chi connectivity index (χ1) is 9.24. The Bertz CT molecular complexity index is 404.